The Balaban J connectivity index is 1.67. The maximum atomic E-state index is 14.3. The lowest BCUT2D eigenvalue weighted by Gasteiger charge is -2.16. The Labute approximate surface area is 206 Å². The number of carbonyl (C=O) groups is 3. The highest BCUT2D eigenvalue weighted by molar-refractivity contribution is 8.04. The summed E-state index contributed by atoms with van der Waals surface area (Å²) in [6, 6.07) is 19.5. The molecule has 0 spiro atoms. The summed E-state index contributed by atoms with van der Waals surface area (Å²) in [6.07, 6.45) is 0.700. The van der Waals surface area contributed by atoms with Crippen molar-refractivity contribution in [2.45, 2.75) is 25.2 Å². The number of hydrogen-bond acceptors (Lipinski definition) is 6. The van der Waals surface area contributed by atoms with Crippen LogP contribution in [0.5, 0.6) is 0 Å². The van der Waals surface area contributed by atoms with E-state index in [1.807, 2.05) is 38.1 Å². The summed E-state index contributed by atoms with van der Waals surface area (Å²) < 4.78 is 19.5. The number of nitrogens with one attached hydrogen (secondary N) is 1. The minimum atomic E-state index is -0.617. The molecule has 178 valence electrons. The molecule has 8 heteroatoms. The van der Waals surface area contributed by atoms with Crippen molar-refractivity contribution in [2.75, 3.05) is 16.8 Å². The van der Waals surface area contributed by atoms with E-state index in [0.717, 1.165) is 27.1 Å². The molecule has 0 bridgehead atoms. The fourth-order valence-corrected chi connectivity index (χ4v) is 4.32. The average molecular weight is 491 g/mol. The molecule has 35 heavy (non-hydrogen) atoms. The lowest BCUT2D eigenvalue weighted by molar-refractivity contribution is -0.120. The first-order valence-electron chi connectivity index (χ1n) is 11.1. The van der Waals surface area contributed by atoms with Crippen LogP contribution in [0.25, 0.3) is 0 Å². The number of hydrogen-bond donors (Lipinski definition) is 1. The van der Waals surface area contributed by atoms with Crippen LogP contribution >= 0.6 is 11.8 Å². The molecule has 2 amide bonds. The predicted molar refractivity (Wildman–Crippen MR) is 134 cm³/mol. The molecule has 0 aromatic heterocycles. The number of imide groups is 1. The topological polar surface area (TPSA) is 75.7 Å². The molecule has 6 nitrogen and oxygen atoms in total. The zero-order valence-corrected chi connectivity index (χ0v) is 20.0. The molecule has 1 heterocycles. The number of anilines is 2. The number of para-hydroxylation sites is 1. The molecule has 1 aliphatic rings. The minimum absolute atomic E-state index is 0.0166. The molecule has 1 aliphatic heterocycles. The van der Waals surface area contributed by atoms with Crippen molar-refractivity contribution in [3.05, 3.63) is 100 Å². The van der Waals surface area contributed by atoms with E-state index in [1.54, 1.807) is 6.07 Å². The van der Waals surface area contributed by atoms with E-state index in [-0.39, 0.29) is 16.3 Å². The van der Waals surface area contributed by atoms with Crippen molar-refractivity contribution < 1.29 is 23.5 Å². The van der Waals surface area contributed by atoms with Crippen molar-refractivity contribution >= 4 is 40.9 Å². The van der Waals surface area contributed by atoms with Gasteiger partial charge in [0, 0.05) is 4.90 Å². The maximum Gasteiger partial charge on any atom is 0.338 e. The van der Waals surface area contributed by atoms with Crippen LogP contribution in [0.3, 0.4) is 0 Å². The molecule has 0 fully saturated rings. The largest absolute Gasteiger partial charge is 0.462 e. The maximum absolute atomic E-state index is 14.3. The Hall–Kier alpha value is -3.91. The highest BCUT2D eigenvalue weighted by atomic mass is 32.2. The van der Waals surface area contributed by atoms with E-state index in [2.05, 4.69) is 5.32 Å². The summed E-state index contributed by atoms with van der Waals surface area (Å²) in [6.45, 7) is 4.15. The minimum Gasteiger partial charge on any atom is -0.462 e. The number of amides is 2. The summed E-state index contributed by atoms with van der Waals surface area (Å²) in [5.74, 6) is -2.18. The second-order valence-corrected chi connectivity index (χ2v) is 8.94. The van der Waals surface area contributed by atoms with Gasteiger partial charge in [0.05, 0.1) is 23.5 Å². The van der Waals surface area contributed by atoms with Crippen LogP contribution in [0.4, 0.5) is 15.8 Å². The zero-order valence-electron chi connectivity index (χ0n) is 19.2. The molecular weight excluding hydrogens is 467 g/mol. The van der Waals surface area contributed by atoms with Gasteiger partial charge in [0.1, 0.15) is 16.4 Å². The summed E-state index contributed by atoms with van der Waals surface area (Å²) in [5.41, 5.74) is 1.73. The van der Waals surface area contributed by atoms with Crippen LogP contribution in [0.1, 0.15) is 29.3 Å². The van der Waals surface area contributed by atoms with Crippen LogP contribution in [-0.4, -0.2) is 24.4 Å². The van der Waals surface area contributed by atoms with Gasteiger partial charge in [0.2, 0.25) is 0 Å². The first-order valence-corrected chi connectivity index (χ1v) is 11.9. The standard InChI is InChI=1S/C27H23FN2O4S/c1-3-16-34-27(33)18-10-12-19(13-11-18)30-25(31)23(29-22-7-5-4-6-21(22)28)24(26(30)32)35-20-14-8-17(2)9-15-20/h4-15,29H,3,16H2,1-2H3. The smallest absolute Gasteiger partial charge is 0.338 e. The van der Waals surface area contributed by atoms with Crippen molar-refractivity contribution in [3.63, 3.8) is 0 Å². The zero-order chi connectivity index (χ0) is 24.9. The number of carbonyl (C=O) groups excluding carboxylic acids is 3. The number of ether oxygens (including phenoxy) is 1. The molecule has 3 aromatic rings. The third-order valence-electron chi connectivity index (χ3n) is 5.21. The van der Waals surface area contributed by atoms with E-state index in [4.69, 9.17) is 4.74 Å². The summed E-state index contributed by atoms with van der Waals surface area (Å²) in [5, 5.41) is 2.82. The SMILES string of the molecule is CCCOC(=O)c1ccc(N2C(=O)C(Nc3ccccc3F)=C(Sc3ccc(C)cc3)C2=O)cc1. The van der Waals surface area contributed by atoms with Gasteiger partial charge < -0.3 is 10.1 Å². The van der Waals surface area contributed by atoms with Crippen molar-refractivity contribution in [3.8, 4) is 0 Å². The number of halogens is 1. The van der Waals surface area contributed by atoms with Crippen LogP contribution < -0.4 is 10.2 Å². The summed E-state index contributed by atoms with van der Waals surface area (Å²) in [4.78, 5) is 40.9. The van der Waals surface area contributed by atoms with Crippen LogP contribution in [-0.2, 0) is 14.3 Å². The average Bonchev–Trinajstić information content (AvgIpc) is 3.09. The molecule has 0 saturated heterocycles. The van der Waals surface area contributed by atoms with Gasteiger partial charge in [-0.05, 0) is 61.9 Å². The van der Waals surface area contributed by atoms with Crippen molar-refractivity contribution in [1.29, 1.82) is 0 Å². The fraction of sp³-hybridized carbons (Fsp3) is 0.148. The number of rotatable bonds is 8. The Kier molecular flexibility index (Phi) is 7.31. The normalized spacial score (nSPS) is 13.4. The molecule has 0 radical (unpaired) electrons. The summed E-state index contributed by atoms with van der Waals surface area (Å²) in [7, 11) is 0. The molecule has 1 N–H and O–H groups in total. The summed E-state index contributed by atoms with van der Waals surface area (Å²) >= 11 is 1.13. The van der Waals surface area contributed by atoms with Gasteiger partial charge in [0.15, 0.2) is 0 Å². The monoisotopic (exact) mass is 490 g/mol. The van der Waals surface area contributed by atoms with E-state index < -0.39 is 23.6 Å². The Morgan fingerprint density at radius 1 is 0.971 bits per heavy atom. The van der Waals surface area contributed by atoms with Crippen LogP contribution in [0.2, 0.25) is 0 Å². The second-order valence-electron chi connectivity index (χ2n) is 7.85. The van der Waals surface area contributed by atoms with Gasteiger partial charge in [-0.3, -0.25) is 9.59 Å². The van der Waals surface area contributed by atoms with Gasteiger partial charge in [0.25, 0.3) is 11.8 Å². The van der Waals surface area contributed by atoms with E-state index in [9.17, 15) is 18.8 Å². The molecule has 4 rings (SSSR count). The van der Waals surface area contributed by atoms with Gasteiger partial charge in [-0.15, -0.1) is 0 Å². The molecule has 0 atom stereocenters. The Morgan fingerprint density at radius 2 is 1.66 bits per heavy atom. The van der Waals surface area contributed by atoms with Gasteiger partial charge >= 0.3 is 5.97 Å². The van der Waals surface area contributed by atoms with Crippen LogP contribution in [0.15, 0.2) is 88.3 Å². The highest BCUT2D eigenvalue weighted by Crippen LogP contribution is 2.38. The van der Waals surface area contributed by atoms with Crippen molar-refractivity contribution in [2.24, 2.45) is 0 Å². The number of thioether (sulfide) groups is 1. The number of nitrogens with zero attached hydrogens (tertiary/aromatic N) is 1. The Morgan fingerprint density at radius 3 is 2.31 bits per heavy atom. The lowest BCUT2D eigenvalue weighted by Crippen LogP contribution is -2.32. The van der Waals surface area contributed by atoms with E-state index >= 15 is 0 Å². The van der Waals surface area contributed by atoms with Gasteiger partial charge in [-0.1, -0.05) is 48.5 Å². The molecule has 3 aromatic carbocycles. The lowest BCUT2D eigenvalue weighted by atomic mass is 10.2. The molecule has 0 unspecified atom stereocenters. The van der Waals surface area contributed by atoms with Gasteiger partial charge in [-0.2, -0.15) is 0 Å². The molecular formula is C27H23FN2O4S. The Bertz CT molecular complexity index is 1300. The quantitative estimate of drug-likeness (QED) is 0.323. The van der Waals surface area contributed by atoms with Crippen LogP contribution in [0, 0.1) is 12.7 Å². The predicted octanol–water partition coefficient (Wildman–Crippen LogP) is 5.69. The van der Waals surface area contributed by atoms with E-state index in [0.29, 0.717) is 24.3 Å². The third-order valence-corrected chi connectivity index (χ3v) is 6.30. The van der Waals surface area contributed by atoms with E-state index in [1.165, 1.54) is 42.5 Å². The first kappa shape index (κ1) is 24.2. The first-order chi connectivity index (χ1) is 16.9. The molecule has 0 saturated carbocycles. The third kappa shape index (κ3) is 5.27. The fourth-order valence-electron chi connectivity index (χ4n) is 3.40. The number of esters is 1. The van der Waals surface area contributed by atoms with Gasteiger partial charge in [-0.25, -0.2) is 14.1 Å². The van der Waals surface area contributed by atoms with Crippen molar-refractivity contribution in [1.82, 2.24) is 0 Å². The highest BCUT2D eigenvalue weighted by Gasteiger charge is 2.40. The second kappa shape index (κ2) is 10.6. The molecule has 0 aliphatic carbocycles. The number of benzene rings is 3. The number of aryl methyl sites for hydroxylation is 1.